The first-order valence-electron chi connectivity index (χ1n) is 1.50. The van der Waals surface area contributed by atoms with E-state index < -0.39 is 20.6 Å². The second-order valence-corrected chi connectivity index (χ2v) is 3.09. The standard InChI is InChI=1S/Ca.2H3NO3S/c;2*1-5(2,3)4/h;2*(H3,1,2,3,4). The fourth-order valence-electron chi connectivity index (χ4n) is 0. The average molecular weight is 234 g/mol. The molecule has 0 bridgehead atoms. The summed E-state index contributed by atoms with van der Waals surface area (Å²) in [5.74, 6) is 0. The van der Waals surface area contributed by atoms with Gasteiger partial charge in [0.15, 0.2) is 0 Å². The minimum Gasteiger partial charge on any atom is -0.274 e. The molecule has 0 aliphatic heterocycles. The van der Waals surface area contributed by atoms with E-state index in [0.29, 0.717) is 0 Å². The Balaban J connectivity index is -0.000000107. The fourth-order valence-corrected chi connectivity index (χ4v) is 0. The van der Waals surface area contributed by atoms with E-state index in [1.54, 1.807) is 0 Å². The van der Waals surface area contributed by atoms with Crippen molar-refractivity contribution in [2.24, 2.45) is 10.3 Å². The summed E-state index contributed by atoms with van der Waals surface area (Å²) in [5, 5.41) is 7.76. The van der Waals surface area contributed by atoms with Crippen LogP contribution in [-0.4, -0.2) is 63.7 Å². The molecule has 0 rings (SSSR count). The van der Waals surface area contributed by atoms with Gasteiger partial charge < -0.3 is 0 Å². The summed E-state index contributed by atoms with van der Waals surface area (Å²) in [6.45, 7) is 0. The maximum Gasteiger partial charge on any atom is 0.330 e. The second kappa shape index (κ2) is 6.51. The zero-order valence-electron chi connectivity index (χ0n) is 5.21. The molecule has 0 atom stereocenters. The minimum absolute atomic E-state index is 0. The normalized spacial score (nSPS) is 10.5. The number of hydrogen-bond acceptors (Lipinski definition) is 4. The molecule has 0 aromatic heterocycles. The van der Waals surface area contributed by atoms with Crippen LogP contribution in [-0.2, 0) is 20.6 Å². The van der Waals surface area contributed by atoms with Crippen molar-refractivity contribution in [2.45, 2.75) is 0 Å². The zero-order valence-corrected chi connectivity index (χ0v) is 9.05. The predicted molar refractivity (Wildman–Crippen MR) is 37.2 cm³/mol. The van der Waals surface area contributed by atoms with Crippen LogP contribution in [0.25, 0.3) is 0 Å². The van der Waals surface area contributed by atoms with E-state index >= 15 is 0 Å². The van der Waals surface area contributed by atoms with Crippen molar-refractivity contribution in [3.05, 3.63) is 0 Å². The van der Waals surface area contributed by atoms with Crippen LogP contribution in [0, 0.1) is 0 Å². The summed E-state index contributed by atoms with van der Waals surface area (Å²) < 4.78 is 50.4. The van der Waals surface area contributed by atoms with Gasteiger partial charge in [0.25, 0.3) is 0 Å². The van der Waals surface area contributed by atoms with Gasteiger partial charge in [0.2, 0.25) is 0 Å². The molecule has 0 amide bonds. The Bertz CT molecular complexity index is 215. The summed E-state index contributed by atoms with van der Waals surface area (Å²) in [6, 6.07) is 0. The molecule has 2 radical (unpaired) electrons. The smallest absolute Gasteiger partial charge is 0.274 e. The van der Waals surface area contributed by atoms with Gasteiger partial charge in [-0.1, -0.05) is 0 Å². The first kappa shape index (κ1) is 17.9. The number of nitrogens with two attached hydrogens (primary N) is 2. The largest absolute Gasteiger partial charge is 0.330 e. The van der Waals surface area contributed by atoms with Crippen molar-refractivity contribution in [1.82, 2.24) is 0 Å². The van der Waals surface area contributed by atoms with Gasteiger partial charge in [-0.25, -0.2) is 10.3 Å². The van der Waals surface area contributed by atoms with E-state index in [1.165, 1.54) is 0 Å². The van der Waals surface area contributed by atoms with Crippen LogP contribution in [0.4, 0.5) is 0 Å². The molecule has 66 valence electrons. The van der Waals surface area contributed by atoms with Crippen LogP contribution >= 0.6 is 0 Å². The van der Waals surface area contributed by atoms with Gasteiger partial charge in [-0.2, -0.15) is 16.8 Å². The summed E-state index contributed by atoms with van der Waals surface area (Å²) in [6.07, 6.45) is 0. The van der Waals surface area contributed by atoms with Gasteiger partial charge in [-0.05, 0) is 0 Å². The molecule has 11 heteroatoms. The van der Waals surface area contributed by atoms with E-state index in [1.807, 2.05) is 0 Å². The molecule has 0 aromatic rings. The third kappa shape index (κ3) is 891. The van der Waals surface area contributed by atoms with Gasteiger partial charge in [0.05, 0.1) is 0 Å². The first-order valence-corrected chi connectivity index (χ1v) is 4.51. The van der Waals surface area contributed by atoms with E-state index in [-0.39, 0.29) is 37.7 Å². The average Bonchev–Trinajstić information content (AvgIpc) is 1.12. The third-order valence-corrected chi connectivity index (χ3v) is 0. The summed E-state index contributed by atoms with van der Waals surface area (Å²) in [4.78, 5) is 0. The van der Waals surface area contributed by atoms with Crippen molar-refractivity contribution in [3.8, 4) is 0 Å². The molecule has 0 unspecified atom stereocenters. The van der Waals surface area contributed by atoms with Crippen LogP contribution < -0.4 is 10.3 Å². The molecular weight excluding hydrogens is 228 g/mol. The quantitative estimate of drug-likeness (QED) is 0.260. The number of rotatable bonds is 0. The molecule has 8 nitrogen and oxygen atoms in total. The molecule has 0 saturated heterocycles. The zero-order chi connectivity index (χ0) is 9.00. The molecule has 6 N–H and O–H groups in total. The predicted octanol–water partition coefficient (Wildman–Crippen LogP) is -2.88. The molecule has 0 aliphatic rings. The molecule has 0 spiro atoms. The molecule has 0 fully saturated rings. The molecule has 11 heavy (non-hydrogen) atoms. The van der Waals surface area contributed by atoms with Gasteiger partial charge in [0, 0.05) is 37.7 Å². The maximum absolute atomic E-state index is 8.97. The number of hydrogen-bond donors (Lipinski definition) is 4. The van der Waals surface area contributed by atoms with Gasteiger partial charge in [0.1, 0.15) is 0 Å². The summed E-state index contributed by atoms with van der Waals surface area (Å²) in [5.41, 5.74) is 0. The molecule has 0 aromatic carbocycles. The summed E-state index contributed by atoms with van der Waals surface area (Å²) >= 11 is 0. The van der Waals surface area contributed by atoms with Crippen LogP contribution in [0.5, 0.6) is 0 Å². The Morgan fingerprint density at radius 3 is 0.818 bits per heavy atom. The van der Waals surface area contributed by atoms with Gasteiger partial charge >= 0.3 is 20.6 Å². The monoisotopic (exact) mass is 234 g/mol. The molecule has 0 heterocycles. The van der Waals surface area contributed by atoms with Crippen molar-refractivity contribution in [3.63, 3.8) is 0 Å². The maximum atomic E-state index is 8.97. The Morgan fingerprint density at radius 1 is 0.818 bits per heavy atom. The third-order valence-electron chi connectivity index (χ3n) is 0. The molecule has 0 saturated carbocycles. The Morgan fingerprint density at radius 2 is 0.818 bits per heavy atom. The molecular formula is H6CaN2O6S2. The second-order valence-electron chi connectivity index (χ2n) is 1.03. The van der Waals surface area contributed by atoms with E-state index in [4.69, 9.17) is 25.9 Å². The first-order chi connectivity index (χ1) is 4.00. The topological polar surface area (TPSA) is 161 Å². The van der Waals surface area contributed by atoms with Crippen LogP contribution in [0.3, 0.4) is 0 Å². The van der Waals surface area contributed by atoms with Crippen molar-refractivity contribution >= 4 is 58.3 Å². The van der Waals surface area contributed by atoms with Crippen LogP contribution in [0.1, 0.15) is 0 Å². The minimum atomic E-state index is -4.17. The van der Waals surface area contributed by atoms with E-state index in [2.05, 4.69) is 10.3 Å². The van der Waals surface area contributed by atoms with Gasteiger partial charge in [-0.3, -0.25) is 9.11 Å². The molecule has 0 aliphatic carbocycles. The van der Waals surface area contributed by atoms with Gasteiger partial charge in [-0.15, -0.1) is 0 Å². The Hall–Kier alpha value is 1.000. The van der Waals surface area contributed by atoms with E-state index in [0.717, 1.165) is 0 Å². The van der Waals surface area contributed by atoms with E-state index in [9.17, 15) is 0 Å². The Kier molecular flexibility index (Phi) is 10.6. The fraction of sp³-hybridized carbons (Fsp3) is 0. The van der Waals surface area contributed by atoms with Crippen molar-refractivity contribution in [2.75, 3.05) is 0 Å². The van der Waals surface area contributed by atoms with Crippen molar-refractivity contribution in [1.29, 1.82) is 0 Å². The SMILES string of the molecule is NS(=O)(=O)O.NS(=O)(=O)O.[Ca]. The summed E-state index contributed by atoms with van der Waals surface area (Å²) in [7, 11) is -8.33. The van der Waals surface area contributed by atoms with Crippen LogP contribution in [0.2, 0.25) is 0 Å². The van der Waals surface area contributed by atoms with Crippen molar-refractivity contribution < 1.29 is 25.9 Å². The Labute approximate surface area is 93.7 Å². The van der Waals surface area contributed by atoms with Crippen LogP contribution in [0.15, 0.2) is 0 Å².